The van der Waals surface area contributed by atoms with Crippen LogP contribution in [0.25, 0.3) is 0 Å². The average molecular weight is 484 g/mol. The molecule has 1 N–H and O–H groups in total. The van der Waals surface area contributed by atoms with Crippen LogP contribution in [0.4, 0.5) is 17.6 Å². The second-order valence-electron chi connectivity index (χ2n) is 7.73. The Bertz CT molecular complexity index is 1090. The van der Waals surface area contributed by atoms with Crippen LogP contribution in [0.15, 0.2) is 48.9 Å². The summed E-state index contributed by atoms with van der Waals surface area (Å²) in [6.07, 6.45) is 6.79. The number of hydrogen-bond donors (Lipinski definition) is 1. The molecule has 0 bridgehead atoms. The molecule has 1 atom stereocenters. The summed E-state index contributed by atoms with van der Waals surface area (Å²) in [6.45, 7) is -6.45. The van der Waals surface area contributed by atoms with Crippen LogP contribution in [0.2, 0.25) is 0 Å². The summed E-state index contributed by atoms with van der Waals surface area (Å²) in [4.78, 5) is 5.18. The third-order valence-electron chi connectivity index (χ3n) is 5.57. The SMILES string of the molecule is [O-][n+]1ccc(CC(c2ccc(OC(F)F)c(OC(F)F)c2)c2ncc(C3(O)CCC3)s2)cc1. The number of pyridine rings is 1. The highest BCUT2D eigenvalue weighted by molar-refractivity contribution is 7.11. The standard InChI is InChI=1S/C22H20F4N2O4S/c23-20(24)31-16-3-2-14(11-17(16)32-21(25)26)15(10-13-4-8-28(30)9-5-13)19-27-12-18(33-19)22(29)6-1-7-22/h2-5,8-9,11-12,15,20-21,29H,1,6-7,10H2. The van der Waals surface area contributed by atoms with E-state index in [4.69, 9.17) is 0 Å². The molecule has 1 unspecified atom stereocenters. The molecule has 0 amide bonds. The summed E-state index contributed by atoms with van der Waals surface area (Å²) in [5.41, 5.74) is 0.336. The molecule has 0 spiro atoms. The zero-order valence-corrected chi connectivity index (χ0v) is 18.0. The lowest BCUT2D eigenvalue weighted by molar-refractivity contribution is -0.605. The fraction of sp³-hybridized carbons (Fsp3) is 0.364. The van der Waals surface area contributed by atoms with E-state index in [2.05, 4.69) is 14.5 Å². The second-order valence-corrected chi connectivity index (χ2v) is 8.80. The first-order valence-corrected chi connectivity index (χ1v) is 10.9. The molecule has 4 rings (SSSR count). The number of hydrogen-bond acceptors (Lipinski definition) is 6. The van der Waals surface area contributed by atoms with Crippen LogP contribution >= 0.6 is 11.3 Å². The molecule has 11 heteroatoms. The summed E-state index contributed by atoms with van der Waals surface area (Å²) in [6, 6.07) is 7.11. The Morgan fingerprint density at radius 3 is 2.33 bits per heavy atom. The van der Waals surface area contributed by atoms with Gasteiger partial charge in [0, 0.05) is 24.2 Å². The van der Waals surface area contributed by atoms with E-state index >= 15 is 0 Å². The van der Waals surface area contributed by atoms with E-state index in [1.54, 1.807) is 18.3 Å². The molecule has 2 aromatic heterocycles. The van der Waals surface area contributed by atoms with Crippen molar-refractivity contribution in [1.82, 2.24) is 4.98 Å². The van der Waals surface area contributed by atoms with Gasteiger partial charge in [-0.05, 0) is 48.9 Å². The minimum atomic E-state index is -3.24. The van der Waals surface area contributed by atoms with Gasteiger partial charge in [0.05, 0.1) is 4.88 Å². The van der Waals surface area contributed by atoms with Gasteiger partial charge in [0.25, 0.3) is 0 Å². The Morgan fingerprint density at radius 1 is 1.06 bits per heavy atom. The highest BCUT2D eigenvalue weighted by atomic mass is 32.1. The number of ether oxygens (including phenoxy) is 2. The van der Waals surface area contributed by atoms with Gasteiger partial charge in [-0.2, -0.15) is 22.3 Å². The van der Waals surface area contributed by atoms with Crippen LogP contribution < -0.4 is 14.2 Å². The van der Waals surface area contributed by atoms with Crippen molar-refractivity contribution in [1.29, 1.82) is 0 Å². The van der Waals surface area contributed by atoms with Crippen molar-refractivity contribution in [3.63, 3.8) is 0 Å². The van der Waals surface area contributed by atoms with Crippen molar-refractivity contribution in [2.75, 3.05) is 0 Å². The fourth-order valence-corrected chi connectivity index (χ4v) is 4.90. The third-order valence-corrected chi connectivity index (χ3v) is 6.88. The lowest BCUT2D eigenvalue weighted by Gasteiger charge is -2.35. The number of nitrogens with zero attached hydrogens (tertiary/aromatic N) is 2. The van der Waals surface area contributed by atoms with Crippen LogP contribution in [0.3, 0.4) is 0 Å². The Balaban J connectivity index is 1.73. The van der Waals surface area contributed by atoms with Crippen LogP contribution in [-0.4, -0.2) is 23.3 Å². The lowest BCUT2D eigenvalue weighted by Crippen LogP contribution is -2.32. The van der Waals surface area contributed by atoms with Crippen molar-refractivity contribution in [2.24, 2.45) is 0 Å². The first-order chi connectivity index (χ1) is 15.7. The zero-order valence-electron chi connectivity index (χ0n) is 17.2. The summed E-state index contributed by atoms with van der Waals surface area (Å²) in [5, 5.41) is 22.7. The minimum absolute atomic E-state index is 0.343. The predicted octanol–water partition coefficient (Wildman–Crippen LogP) is 4.73. The highest BCUT2D eigenvalue weighted by Gasteiger charge is 2.38. The van der Waals surface area contributed by atoms with Gasteiger partial charge in [-0.15, -0.1) is 11.3 Å². The van der Waals surface area contributed by atoms with Crippen molar-refractivity contribution < 1.29 is 36.9 Å². The number of rotatable bonds is 9. The molecule has 6 nitrogen and oxygen atoms in total. The summed E-state index contributed by atoms with van der Waals surface area (Å²) < 4.78 is 60.6. The topological polar surface area (TPSA) is 78.5 Å². The number of thiazole rings is 1. The Hall–Kier alpha value is -2.92. The van der Waals surface area contributed by atoms with Crippen molar-refractivity contribution in [3.05, 3.63) is 75.1 Å². The normalized spacial score (nSPS) is 16.0. The smallest absolute Gasteiger partial charge is 0.387 e. The van der Waals surface area contributed by atoms with Crippen molar-refractivity contribution in [3.8, 4) is 11.5 Å². The Labute approximate surface area is 190 Å². The Kier molecular flexibility index (Phi) is 6.71. The molecule has 1 aliphatic rings. The van der Waals surface area contributed by atoms with Gasteiger partial charge in [-0.25, -0.2) is 4.98 Å². The molecule has 0 radical (unpaired) electrons. The molecule has 1 saturated carbocycles. The molecule has 176 valence electrons. The van der Waals surface area contributed by atoms with E-state index in [1.807, 2.05) is 0 Å². The van der Waals surface area contributed by atoms with E-state index in [-0.39, 0.29) is 0 Å². The molecule has 1 aliphatic carbocycles. The van der Waals surface area contributed by atoms with Gasteiger partial charge >= 0.3 is 13.2 Å². The molecule has 1 fully saturated rings. The maximum atomic E-state index is 12.9. The van der Waals surface area contributed by atoms with Crippen molar-refractivity contribution in [2.45, 2.75) is 50.4 Å². The molecule has 2 heterocycles. The molecular weight excluding hydrogens is 464 g/mol. The van der Waals surface area contributed by atoms with Gasteiger partial charge in [0.15, 0.2) is 23.9 Å². The van der Waals surface area contributed by atoms with Gasteiger partial charge < -0.3 is 19.8 Å². The van der Waals surface area contributed by atoms with Gasteiger partial charge in [-0.3, -0.25) is 0 Å². The second kappa shape index (κ2) is 9.52. The summed E-state index contributed by atoms with van der Waals surface area (Å²) in [7, 11) is 0. The number of alkyl halides is 4. The molecule has 1 aromatic carbocycles. The number of aliphatic hydroxyl groups is 1. The van der Waals surface area contributed by atoms with E-state index in [0.717, 1.165) is 18.1 Å². The quantitative estimate of drug-likeness (QED) is 0.270. The van der Waals surface area contributed by atoms with Crippen LogP contribution in [0.1, 0.15) is 46.2 Å². The van der Waals surface area contributed by atoms with Crippen molar-refractivity contribution >= 4 is 11.3 Å². The number of aromatic nitrogens is 2. The van der Waals surface area contributed by atoms with Gasteiger partial charge in [-0.1, -0.05) is 6.07 Å². The number of halogens is 4. The maximum absolute atomic E-state index is 12.9. The van der Waals surface area contributed by atoms with Gasteiger partial charge in [0.2, 0.25) is 0 Å². The maximum Gasteiger partial charge on any atom is 0.387 e. The van der Waals surface area contributed by atoms with Crippen LogP contribution in [0, 0.1) is 5.21 Å². The van der Waals surface area contributed by atoms with E-state index in [0.29, 0.717) is 39.4 Å². The third kappa shape index (κ3) is 5.36. The zero-order chi connectivity index (χ0) is 23.6. The fourth-order valence-electron chi connectivity index (χ4n) is 3.71. The van der Waals surface area contributed by atoms with Crippen LogP contribution in [-0.2, 0) is 12.0 Å². The van der Waals surface area contributed by atoms with Gasteiger partial charge in [0.1, 0.15) is 10.6 Å². The van der Waals surface area contributed by atoms with E-state index in [1.165, 1.54) is 35.9 Å². The lowest BCUT2D eigenvalue weighted by atomic mass is 9.79. The van der Waals surface area contributed by atoms with E-state index in [9.17, 15) is 27.9 Å². The predicted molar refractivity (Wildman–Crippen MR) is 111 cm³/mol. The number of benzene rings is 1. The average Bonchev–Trinajstić information content (AvgIpc) is 3.22. The first-order valence-electron chi connectivity index (χ1n) is 10.1. The largest absolute Gasteiger partial charge is 0.619 e. The molecule has 3 aromatic rings. The molecule has 0 aliphatic heterocycles. The summed E-state index contributed by atoms with van der Waals surface area (Å²) >= 11 is 1.31. The summed E-state index contributed by atoms with van der Waals surface area (Å²) in [5.74, 6) is -1.51. The molecule has 0 saturated heterocycles. The molecule has 33 heavy (non-hydrogen) atoms. The first kappa shape index (κ1) is 23.2. The minimum Gasteiger partial charge on any atom is -0.619 e. The Morgan fingerprint density at radius 2 is 1.73 bits per heavy atom. The van der Waals surface area contributed by atoms with E-state index < -0.39 is 36.2 Å². The molecular formula is C22H20F4N2O4S. The highest BCUT2D eigenvalue weighted by Crippen LogP contribution is 2.45. The monoisotopic (exact) mass is 484 g/mol. The van der Waals surface area contributed by atoms with Crippen LogP contribution in [0.5, 0.6) is 11.5 Å².